The number of esters is 1. The highest BCUT2D eigenvalue weighted by Crippen LogP contribution is 2.54. The molecule has 326 valence electrons. The second-order valence-corrected chi connectivity index (χ2v) is 18.7. The van der Waals surface area contributed by atoms with Crippen molar-refractivity contribution in [2.45, 2.75) is 212 Å². The molecule has 5 aliphatic heterocycles. The molecule has 0 unspecified atom stereocenters. The van der Waals surface area contributed by atoms with Gasteiger partial charge in [0.1, 0.15) is 5.78 Å². The molecular formula is C45H74O12. The number of Topliss-reactive ketones (excluding diaryl/α,β-unsaturated/α-hetero) is 1. The molecule has 0 aliphatic carbocycles. The van der Waals surface area contributed by atoms with Gasteiger partial charge in [-0.1, -0.05) is 62.3 Å². The van der Waals surface area contributed by atoms with Gasteiger partial charge >= 0.3 is 11.9 Å². The number of rotatable bonds is 14. The minimum atomic E-state index is -1.38. The summed E-state index contributed by atoms with van der Waals surface area (Å²) in [6.45, 7) is 21.3. The second kappa shape index (κ2) is 18.0. The van der Waals surface area contributed by atoms with E-state index in [4.69, 9.17) is 28.4 Å². The van der Waals surface area contributed by atoms with Crippen LogP contribution in [0.25, 0.3) is 0 Å². The third-order valence-electron chi connectivity index (χ3n) is 15.0. The van der Waals surface area contributed by atoms with Crippen molar-refractivity contribution in [2.24, 2.45) is 41.4 Å². The Morgan fingerprint density at radius 3 is 2.16 bits per heavy atom. The Bertz CT molecular complexity index is 1450. The highest BCUT2D eigenvalue weighted by Gasteiger charge is 2.64. The van der Waals surface area contributed by atoms with Gasteiger partial charge in [-0.3, -0.25) is 14.4 Å². The first-order valence-corrected chi connectivity index (χ1v) is 22.2. The van der Waals surface area contributed by atoms with E-state index in [1.165, 1.54) is 0 Å². The molecule has 18 atom stereocenters. The number of ketones is 1. The molecule has 2 spiro atoms. The van der Waals surface area contributed by atoms with Crippen LogP contribution >= 0.6 is 0 Å². The number of carboxylic acid groups (broad SMARTS) is 1. The van der Waals surface area contributed by atoms with Gasteiger partial charge in [0.05, 0.1) is 53.7 Å². The Morgan fingerprint density at radius 2 is 1.56 bits per heavy atom. The van der Waals surface area contributed by atoms with Crippen molar-refractivity contribution < 1.29 is 58.1 Å². The minimum absolute atomic E-state index is 0.0152. The monoisotopic (exact) mass is 807 g/mol. The van der Waals surface area contributed by atoms with Gasteiger partial charge in [0.15, 0.2) is 11.9 Å². The molecule has 5 heterocycles. The van der Waals surface area contributed by atoms with E-state index in [0.29, 0.717) is 57.8 Å². The lowest BCUT2D eigenvalue weighted by atomic mass is 9.72. The van der Waals surface area contributed by atoms with Crippen LogP contribution in [-0.2, 0) is 42.8 Å². The van der Waals surface area contributed by atoms with Crippen molar-refractivity contribution in [3.05, 3.63) is 12.2 Å². The summed E-state index contributed by atoms with van der Waals surface area (Å²) in [7, 11) is 0. The smallest absolute Gasteiger partial charge is 0.309 e. The summed E-state index contributed by atoms with van der Waals surface area (Å²) in [4.78, 5) is 39.3. The second-order valence-electron chi connectivity index (χ2n) is 18.7. The fourth-order valence-corrected chi connectivity index (χ4v) is 10.8. The van der Waals surface area contributed by atoms with Crippen LogP contribution in [0, 0.1) is 41.4 Å². The molecule has 12 nitrogen and oxygen atoms in total. The van der Waals surface area contributed by atoms with Crippen molar-refractivity contribution in [3.63, 3.8) is 0 Å². The molecule has 5 rings (SSSR count). The van der Waals surface area contributed by atoms with Gasteiger partial charge in [-0.2, -0.15) is 0 Å². The van der Waals surface area contributed by atoms with Gasteiger partial charge in [-0.15, -0.1) is 0 Å². The quantitative estimate of drug-likeness (QED) is 0.120. The third-order valence-corrected chi connectivity index (χ3v) is 15.0. The molecule has 0 aromatic rings. The van der Waals surface area contributed by atoms with E-state index in [9.17, 15) is 29.7 Å². The highest BCUT2D eigenvalue weighted by molar-refractivity contribution is 5.84. The molecule has 4 saturated heterocycles. The average molecular weight is 807 g/mol. The maximum absolute atomic E-state index is 14.6. The maximum atomic E-state index is 14.6. The lowest BCUT2D eigenvalue weighted by molar-refractivity contribution is -0.409. The van der Waals surface area contributed by atoms with Gasteiger partial charge in [-0.25, -0.2) is 0 Å². The highest BCUT2D eigenvalue weighted by atomic mass is 16.8. The number of carbonyl (C=O) groups is 3. The number of ether oxygens (including phenoxy) is 6. The summed E-state index contributed by atoms with van der Waals surface area (Å²) < 4.78 is 40.1. The van der Waals surface area contributed by atoms with E-state index >= 15 is 0 Å². The summed E-state index contributed by atoms with van der Waals surface area (Å²) in [6, 6.07) is 0. The largest absolute Gasteiger partial charge is 0.481 e. The Kier molecular flexibility index (Phi) is 14.5. The van der Waals surface area contributed by atoms with Crippen LogP contribution in [0.4, 0.5) is 0 Å². The molecule has 0 bridgehead atoms. The van der Waals surface area contributed by atoms with Crippen LogP contribution in [0.15, 0.2) is 12.2 Å². The van der Waals surface area contributed by atoms with E-state index in [-0.39, 0.29) is 54.2 Å². The van der Waals surface area contributed by atoms with E-state index in [0.717, 1.165) is 6.42 Å². The van der Waals surface area contributed by atoms with Gasteiger partial charge in [-0.05, 0) is 95.6 Å². The SMILES string of the molecule is CCC(=O)O[C@H]1C=C[C@]2(O[C@H]([C@@H](CC)C(=O)[C@@H](C)[C@@H](O)[C@H](C)[C@@H]3O[C@@H]([C@@H](CC)C(=O)O)CC[C@@H]3C)[C@@H](C)C[C@H]2C)O[C@@]12CC[C@@](C)([C@H]1CC[C@](O)(CC)[C@H](C)O1)O2. The molecular weight excluding hydrogens is 732 g/mol. The number of aliphatic hydroxyl groups is 2. The number of hydrogen-bond acceptors (Lipinski definition) is 11. The summed E-state index contributed by atoms with van der Waals surface area (Å²) in [5.41, 5.74) is -1.70. The molecule has 0 amide bonds. The van der Waals surface area contributed by atoms with Crippen LogP contribution in [-0.4, -0.2) is 98.5 Å². The first-order chi connectivity index (χ1) is 26.7. The van der Waals surface area contributed by atoms with Gasteiger partial charge in [0, 0.05) is 36.5 Å². The summed E-state index contributed by atoms with van der Waals surface area (Å²) in [5, 5.41) is 32.8. The Labute approximate surface area is 341 Å². The minimum Gasteiger partial charge on any atom is -0.481 e. The fraction of sp³-hybridized carbons (Fsp3) is 0.889. The number of hydrogen-bond donors (Lipinski definition) is 3. The molecule has 12 heteroatoms. The normalized spacial score (nSPS) is 43.6. The topological polar surface area (TPSA) is 167 Å². The molecule has 3 N–H and O–H groups in total. The van der Waals surface area contributed by atoms with Crippen LogP contribution < -0.4 is 0 Å². The Hall–Kier alpha value is -1.93. The zero-order valence-electron chi connectivity index (χ0n) is 36.5. The zero-order valence-corrected chi connectivity index (χ0v) is 36.5. The summed E-state index contributed by atoms with van der Waals surface area (Å²) in [6.07, 6.45) is 5.73. The third kappa shape index (κ3) is 8.94. The average Bonchev–Trinajstić information content (AvgIpc) is 3.52. The number of carboxylic acids is 1. The van der Waals surface area contributed by atoms with Crippen molar-refractivity contribution in [2.75, 3.05) is 0 Å². The van der Waals surface area contributed by atoms with Gasteiger partial charge in [0.25, 0.3) is 0 Å². The molecule has 0 radical (unpaired) electrons. The van der Waals surface area contributed by atoms with E-state index in [1.54, 1.807) is 13.8 Å². The first-order valence-electron chi connectivity index (χ1n) is 22.2. The lowest BCUT2D eigenvalue weighted by Crippen LogP contribution is -2.63. The summed E-state index contributed by atoms with van der Waals surface area (Å²) >= 11 is 0. The predicted octanol–water partition coefficient (Wildman–Crippen LogP) is 7.15. The number of aliphatic hydroxyl groups excluding tert-OH is 1. The fourth-order valence-electron chi connectivity index (χ4n) is 10.8. The zero-order chi connectivity index (χ0) is 42.2. The van der Waals surface area contributed by atoms with Crippen molar-refractivity contribution in [1.29, 1.82) is 0 Å². The first kappa shape index (κ1) is 46.1. The standard InChI is InChI=1S/C45H74O12/c1-12-31(41(49)50)33-17-16-25(5)39(53-33)29(9)37(47)28(8)38(48)32(13-2)40-26(6)24-27(7)44(55-40)21-19-35(54-36(46)14-3)45(57-44)23-22-42(11,56-45)34-18-20-43(51,15-4)30(10)52-34/h19,21,25-35,37,39-40,47,51H,12-18,20,22-24H2,1-11H3,(H,49,50)/t25-,26-,27+,28-,29-,30-,31+,32-,33+,34+,35-,37+,39+,40-,42-,43+,44-,45-/m0/s1. The molecule has 0 aromatic carbocycles. The van der Waals surface area contributed by atoms with Crippen molar-refractivity contribution in [3.8, 4) is 0 Å². The van der Waals surface area contributed by atoms with Crippen molar-refractivity contribution >= 4 is 17.7 Å². The van der Waals surface area contributed by atoms with E-state index in [1.807, 2.05) is 53.7 Å². The molecule has 0 aromatic heterocycles. The van der Waals surface area contributed by atoms with Crippen molar-refractivity contribution in [1.82, 2.24) is 0 Å². The Morgan fingerprint density at radius 1 is 0.877 bits per heavy atom. The molecule has 57 heavy (non-hydrogen) atoms. The lowest BCUT2D eigenvalue weighted by Gasteiger charge is -2.54. The van der Waals surface area contributed by atoms with Crippen LogP contribution in [0.5, 0.6) is 0 Å². The maximum Gasteiger partial charge on any atom is 0.309 e. The van der Waals surface area contributed by atoms with Gasteiger partial charge in [0.2, 0.25) is 5.79 Å². The predicted molar refractivity (Wildman–Crippen MR) is 213 cm³/mol. The molecule has 4 fully saturated rings. The molecule has 5 aliphatic rings. The van der Waals surface area contributed by atoms with E-state index < -0.39 is 76.8 Å². The van der Waals surface area contributed by atoms with Crippen LogP contribution in [0.3, 0.4) is 0 Å². The molecule has 0 saturated carbocycles. The number of aliphatic carboxylic acids is 1. The van der Waals surface area contributed by atoms with Crippen LogP contribution in [0.1, 0.15) is 147 Å². The van der Waals surface area contributed by atoms with E-state index in [2.05, 4.69) is 20.8 Å². The van der Waals surface area contributed by atoms with Gasteiger partial charge < -0.3 is 43.7 Å². The van der Waals surface area contributed by atoms with Crippen LogP contribution in [0.2, 0.25) is 0 Å². The Balaban J connectivity index is 1.37. The summed E-state index contributed by atoms with van der Waals surface area (Å²) in [5.74, 6) is -6.40. The number of carbonyl (C=O) groups excluding carboxylic acids is 2.